The third-order valence-corrected chi connectivity index (χ3v) is 6.99. The van der Waals surface area contributed by atoms with E-state index in [2.05, 4.69) is 121 Å². The molecule has 0 bridgehead atoms. The van der Waals surface area contributed by atoms with Gasteiger partial charge in [-0.15, -0.1) is 0 Å². The van der Waals surface area contributed by atoms with Crippen molar-refractivity contribution in [3.8, 4) is 0 Å². The lowest BCUT2D eigenvalue weighted by molar-refractivity contribution is 0.127. The van der Waals surface area contributed by atoms with Crippen LogP contribution in [0.15, 0.2) is 84.9 Å². The van der Waals surface area contributed by atoms with Crippen LogP contribution in [0.3, 0.4) is 0 Å². The molecule has 0 aliphatic carbocycles. The molecule has 0 radical (unpaired) electrons. The molecule has 0 saturated carbocycles. The Labute approximate surface area is 206 Å². The van der Waals surface area contributed by atoms with Crippen molar-refractivity contribution in [1.82, 2.24) is 15.1 Å². The number of nitrogens with zero attached hydrogens (tertiary/aromatic N) is 2. The Balaban J connectivity index is 1.23. The second kappa shape index (κ2) is 11.8. The predicted octanol–water partition coefficient (Wildman–Crippen LogP) is 5.68. The van der Waals surface area contributed by atoms with E-state index >= 15 is 0 Å². The van der Waals surface area contributed by atoms with Crippen LogP contribution in [0.4, 0.5) is 0 Å². The summed E-state index contributed by atoms with van der Waals surface area (Å²) in [5.74, 6) is 0. The van der Waals surface area contributed by atoms with Gasteiger partial charge in [0.1, 0.15) is 0 Å². The Kier molecular flexibility index (Phi) is 8.55. The molecule has 3 heteroatoms. The first-order valence-electron chi connectivity index (χ1n) is 12.8. The van der Waals surface area contributed by atoms with Crippen LogP contribution >= 0.6 is 0 Å². The first-order chi connectivity index (χ1) is 16.5. The highest BCUT2D eigenvalue weighted by molar-refractivity contribution is 5.27. The van der Waals surface area contributed by atoms with Gasteiger partial charge >= 0.3 is 0 Å². The fourth-order valence-corrected chi connectivity index (χ4v) is 4.78. The van der Waals surface area contributed by atoms with Gasteiger partial charge in [-0.2, -0.15) is 0 Å². The average molecular weight is 456 g/mol. The highest BCUT2D eigenvalue weighted by Gasteiger charge is 2.18. The number of nitrogens with one attached hydrogen (secondary N) is 1. The maximum absolute atomic E-state index is 3.84. The molecule has 0 aromatic heterocycles. The normalized spacial score (nSPS) is 16.4. The fraction of sp³-hybridized carbons (Fsp3) is 0.419. The van der Waals surface area contributed by atoms with Crippen molar-refractivity contribution in [2.75, 3.05) is 39.3 Å². The molecule has 180 valence electrons. The van der Waals surface area contributed by atoms with E-state index in [0.29, 0.717) is 6.04 Å². The molecule has 3 nitrogen and oxygen atoms in total. The van der Waals surface area contributed by atoms with Crippen LogP contribution < -0.4 is 5.32 Å². The lowest BCUT2D eigenvalue weighted by atomic mass is 9.87. The molecule has 1 saturated heterocycles. The molecular weight excluding hydrogens is 414 g/mol. The van der Waals surface area contributed by atoms with Crippen LogP contribution in [0.2, 0.25) is 0 Å². The zero-order valence-corrected chi connectivity index (χ0v) is 21.2. The maximum Gasteiger partial charge on any atom is 0.0361 e. The summed E-state index contributed by atoms with van der Waals surface area (Å²) in [6.45, 7) is 14.6. The van der Waals surface area contributed by atoms with Crippen molar-refractivity contribution in [3.05, 3.63) is 107 Å². The van der Waals surface area contributed by atoms with Gasteiger partial charge in [0.15, 0.2) is 0 Å². The Morgan fingerprint density at radius 1 is 0.706 bits per heavy atom. The summed E-state index contributed by atoms with van der Waals surface area (Å²) in [6.07, 6.45) is 1.02. The summed E-state index contributed by atoms with van der Waals surface area (Å²) >= 11 is 0. The Morgan fingerprint density at radius 3 is 1.91 bits per heavy atom. The van der Waals surface area contributed by atoms with Crippen LogP contribution in [0.1, 0.15) is 49.1 Å². The number of hydrogen-bond acceptors (Lipinski definition) is 3. The van der Waals surface area contributed by atoms with E-state index in [1.807, 2.05) is 0 Å². The summed E-state index contributed by atoms with van der Waals surface area (Å²) < 4.78 is 0. The zero-order chi connectivity index (χ0) is 23.8. The molecule has 1 aliphatic heterocycles. The molecule has 0 spiro atoms. The van der Waals surface area contributed by atoms with Crippen molar-refractivity contribution in [2.45, 2.75) is 45.2 Å². The second-order valence-electron chi connectivity index (χ2n) is 10.7. The Morgan fingerprint density at radius 2 is 1.29 bits per heavy atom. The smallest absolute Gasteiger partial charge is 0.0361 e. The third kappa shape index (κ3) is 7.27. The van der Waals surface area contributed by atoms with E-state index in [9.17, 15) is 0 Å². The lowest BCUT2D eigenvalue weighted by Gasteiger charge is -2.35. The quantitative estimate of drug-likeness (QED) is 0.448. The van der Waals surface area contributed by atoms with Crippen molar-refractivity contribution >= 4 is 0 Å². The van der Waals surface area contributed by atoms with Crippen LogP contribution in [0, 0.1) is 0 Å². The topological polar surface area (TPSA) is 18.5 Å². The molecule has 0 amide bonds. The molecule has 34 heavy (non-hydrogen) atoms. The molecule has 1 N–H and O–H groups in total. The fourth-order valence-electron chi connectivity index (χ4n) is 4.78. The van der Waals surface area contributed by atoms with Crippen molar-refractivity contribution in [3.63, 3.8) is 0 Å². The summed E-state index contributed by atoms with van der Waals surface area (Å²) in [7, 11) is 0. The number of rotatable bonds is 9. The number of hydrogen-bond donors (Lipinski definition) is 1. The molecule has 1 heterocycles. The molecule has 3 aromatic carbocycles. The molecule has 1 fully saturated rings. The molecule has 4 rings (SSSR count). The minimum atomic E-state index is 0.221. The van der Waals surface area contributed by atoms with Gasteiger partial charge in [0, 0.05) is 51.9 Å². The van der Waals surface area contributed by atoms with Gasteiger partial charge in [-0.25, -0.2) is 0 Å². The van der Waals surface area contributed by atoms with E-state index < -0.39 is 0 Å². The van der Waals surface area contributed by atoms with Crippen molar-refractivity contribution in [2.24, 2.45) is 0 Å². The Hall–Kier alpha value is -2.46. The van der Waals surface area contributed by atoms with E-state index in [0.717, 1.165) is 52.2 Å². The predicted molar refractivity (Wildman–Crippen MR) is 144 cm³/mol. The van der Waals surface area contributed by atoms with Crippen LogP contribution in [0.5, 0.6) is 0 Å². The van der Waals surface area contributed by atoms with Crippen LogP contribution in [0.25, 0.3) is 0 Å². The van der Waals surface area contributed by atoms with E-state index in [1.165, 1.54) is 22.3 Å². The lowest BCUT2D eigenvalue weighted by Crippen LogP contribution is -2.47. The van der Waals surface area contributed by atoms with Crippen LogP contribution in [-0.4, -0.2) is 49.1 Å². The third-order valence-electron chi connectivity index (χ3n) is 6.99. The van der Waals surface area contributed by atoms with E-state index in [-0.39, 0.29) is 5.41 Å². The average Bonchev–Trinajstić information content (AvgIpc) is 2.85. The minimum Gasteiger partial charge on any atom is -0.308 e. The zero-order valence-electron chi connectivity index (χ0n) is 21.2. The van der Waals surface area contributed by atoms with Gasteiger partial charge < -0.3 is 5.32 Å². The highest BCUT2D eigenvalue weighted by atomic mass is 15.3. The molecule has 1 atom stereocenters. The number of piperazine rings is 1. The Bertz CT molecular complexity index is 969. The van der Waals surface area contributed by atoms with Gasteiger partial charge in [0.05, 0.1) is 0 Å². The van der Waals surface area contributed by atoms with Gasteiger partial charge in [-0.3, -0.25) is 9.80 Å². The van der Waals surface area contributed by atoms with Crippen molar-refractivity contribution < 1.29 is 0 Å². The molecule has 3 aromatic rings. The standard InChI is InChI=1S/C31H41N3/c1-31(2,3)29-16-14-27(15-17-29)25-34-22-20-33(21-23-34)19-18-32-30(28-12-8-5-9-13-28)24-26-10-6-4-7-11-26/h4-17,30,32H,18-25H2,1-3H3. The van der Waals surface area contributed by atoms with Gasteiger partial charge in [0.2, 0.25) is 0 Å². The second-order valence-corrected chi connectivity index (χ2v) is 10.7. The molecular formula is C31H41N3. The first-order valence-corrected chi connectivity index (χ1v) is 12.8. The molecule has 1 aliphatic rings. The largest absolute Gasteiger partial charge is 0.308 e. The molecule has 1 unspecified atom stereocenters. The van der Waals surface area contributed by atoms with E-state index in [1.54, 1.807) is 0 Å². The first kappa shape index (κ1) is 24.7. The van der Waals surface area contributed by atoms with Crippen molar-refractivity contribution in [1.29, 1.82) is 0 Å². The number of benzene rings is 3. The minimum absolute atomic E-state index is 0.221. The highest BCUT2D eigenvalue weighted by Crippen LogP contribution is 2.23. The SMILES string of the molecule is CC(C)(C)c1ccc(CN2CCN(CCNC(Cc3ccccc3)c3ccccc3)CC2)cc1. The summed E-state index contributed by atoms with van der Waals surface area (Å²) in [5.41, 5.74) is 5.81. The summed E-state index contributed by atoms with van der Waals surface area (Å²) in [6, 6.07) is 31.3. The van der Waals surface area contributed by atoms with Gasteiger partial charge in [-0.1, -0.05) is 106 Å². The van der Waals surface area contributed by atoms with Gasteiger partial charge in [0.25, 0.3) is 0 Å². The van der Waals surface area contributed by atoms with Crippen LogP contribution in [-0.2, 0) is 18.4 Å². The monoisotopic (exact) mass is 455 g/mol. The van der Waals surface area contributed by atoms with Gasteiger partial charge in [-0.05, 0) is 34.1 Å². The maximum atomic E-state index is 3.84. The summed E-state index contributed by atoms with van der Waals surface area (Å²) in [5, 5.41) is 3.84. The summed E-state index contributed by atoms with van der Waals surface area (Å²) in [4.78, 5) is 5.20. The van der Waals surface area contributed by atoms with E-state index in [4.69, 9.17) is 0 Å².